The highest BCUT2D eigenvalue weighted by Crippen LogP contribution is 2.24. The second-order valence-corrected chi connectivity index (χ2v) is 5.50. The number of carbonyl (C=O) groups excluding carboxylic acids is 2. The van der Waals surface area contributed by atoms with Crippen molar-refractivity contribution >= 4 is 17.8 Å². The molecule has 1 saturated carbocycles. The van der Waals surface area contributed by atoms with E-state index >= 15 is 0 Å². The minimum atomic E-state index is -1.29. The Labute approximate surface area is 112 Å². The summed E-state index contributed by atoms with van der Waals surface area (Å²) >= 11 is 0. The summed E-state index contributed by atoms with van der Waals surface area (Å²) in [5.74, 6) is -1.38. The topological polar surface area (TPSA) is 95.5 Å². The van der Waals surface area contributed by atoms with Gasteiger partial charge in [-0.3, -0.25) is 9.59 Å². The smallest absolute Gasteiger partial charge is 0.328 e. The fraction of sp³-hybridized carbons (Fsp3) is 0.769. The summed E-state index contributed by atoms with van der Waals surface area (Å²) in [4.78, 5) is 34.1. The molecule has 0 aromatic heterocycles. The van der Waals surface area contributed by atoms with E-state index in [9.17, 15) is 14.4 Å². The molecule has 0 unspecified atom stereocenters. The van der Waals surface area contributed by atoms with Crippen LogP contribution >= 0.6 is 0 Å². The summed E-state index contributed by atoms with van der Waals surface area (Å²) in [5.41, 5.74) is -1.29. The zero-order valence-corrected chi connectivity index (χ0v) is 11.5. The van der Waals surface area contributed by atoms with E-state index < -0.39 is 11.5 Å². The van der Waals surface area contributed by atoms with Crippen molar-refractivity contribution in [3.63, 3.8) is 0 Å². The van der Waals surface area contributed by atoms with Crippen molar-refractivity contribution in [1.82, 2.24) is 10.6 Å². The molecule has 0 bridgehead atoms. The lowest BCUT2D eigenvalue weighted by Gasteiger charge is -2.21. The lowest BCUT2D eigenvalue weighted by Crippen LogP contribution is -2.50. The summed E-state index contributed by atoms with van der Waals surface area (Å²) in [5, 5.41) is 14.0. The summed E-state index contributed by atoms with van der Waals surface area (Å²) in [6.45, 7) is 3.09. The molecule has 0 aliphatic heterocycles. The molecule has 0 aromatic carbocycles. The molecule has 0 aromatic rings. The van der Waals surface area contributed by atoms with Gasteiger partial charge in [-0.05, 0) is 26.7 Å². The van der Waals surface area contributed by atoms with Gasteiger partial charge in [0.1, 0.15) is 5.54 Å². The molecular formula is C13H22N2O4. The molecule has 0 heterocycles. The zero-order chi connectivity index (χ0) is 14.5. The van der Waals surface area contributed by atoms with E-state index in [0.29, 0.717) is 0 Å². The van der Waals surface area contributed by atoms with Crippen molar-refractivity contribution in [2.75, 3.05) is 6.54 Å². The van der Waals surface area contributed by atoms with Crippen molar-refractivity contribution in [3.8, 4) is 0 Å². The number of carboxylic acid groups (broad SMARTS) is 1. The highest BCUT2D eigenvalue weighted by atomic mass is 16.4. The third-order valence-corrected chi connectivity index (χ3v) is 3.36. The predicted octanol–water partition coefficient (Wildman–Crippen LogP) is 0.662. The maximum atomic E-state index is 11.7. The minimum absolute atomic E-state index is 0.00259. The van der Waals surface area contributed by atoms with Crippen LogP contribution < -0.4 is 10.6 Å². The first-order valence-electron chi connectivity index (χ1n) is 6.65. The molecule has 1 rings (SSSR count). The fourth-order valence-electron chi connectivity index (χ4n) is 2.10. The average Bonchev–Trinajstić information content (AvgIpc) is 2.81. The molecule has 1 fully saturated rings. The van der Waals surface area contributed by atoms with Crippen LogP contribution in [0.5, 0.6) is 0 Å². The van der Waals surface area contributed by atoms with E-state index in [1.165, 1.54) is 13.8 Å². The predicted molar refractivity (Wildman–Crippen MR) is 69.4 cm³/mol. The number of amides is 2. The summed E-state index contributed by atoms with van der Waals surface area (Å²) in [6, 6.07) is 0. The van der Waals surface area contributed by atoms with E-state index in [2.05, 4.69) is 10.6 Å². The molecule has 6 nitrogen and oxygen atoms in total. The number of carboxylic acids is 1. The van der Waals surface area contributed by atoms with Crippen LogP contribution in [0.15, 0.2) is 0 Å². The Hall–Kier alpha value is -1.59. The Bertz CT molecular complexity index is 360. The molecule has 0 spiro atoms. The lowest BCUT2D eigenvalue weighted by atomic mass is 10.1. The zero-order valence-electron chi connectivity index (χ0n) is 11.5. The van der Waals surface area contributed by atoms with Gasteiger partial charge >= 0.3 is 5.97 Å². The Balaban J connectivity index is 2.23. The third kappa shape index (κ3) is 4.89. The van der Waals surface area contributed by atoms with E-state index in [0.717, 1.165) is 25.7 Å². The third-order valence-electron chi connectivity index (χ3n) is 3.36. The van der Waals surface area contributed by atoms with E-state index in [-0.39, 0.29) is 30.7 Å². The number of hydrogen-bond acceptors (Lipinski definition) is 3. The lowest BCUT2D eigenvalue weighted by molar-refractivity contribution is -0.146. The van der Waals surface area contributed by atoms with E-state index in [4.69, 9.17) is 5.11 Å². The molecule has 1 aliphatic carbocycles. The number of aliphatic carboxylic acids is 1. The summed E-state index contributed by atoms with van der Waals surface area (Å²) in [7, 11) is 0. The SMILES string of the molecule is CC(C)(NC(=O)CCNC(=O)C1CCCC1)C(=O)O. The van der Waals surface area contributed by atoms with E-state index in [1.807, 2.05) is 0 Å². The largest absolute Gasteiger partial charge is 0.480 e. The van der Waals surface area contributed by atoms with E-state index in [1.54, 1.807) is 0 Å². The first-order valence-corrected chi connectivity index (χ1v) is 6.65. The van der Waals surface area contributed by atoms with Gasteiger partial charge in [0.15, 0.2) is 0 Å². The van der Waals surface area contributed by atoms with Crippen molar-refractivity contribution in [3.05, 3.63) is 0 Å². The van der Waals surface area contributed by atoms with Gasteiger partial charge in [0.2, 0.25) is 11.8 Å². The maximum absolute atomic E-state index is 11.7. The Morgan fingerprint density at radius 2 is 1.79 bits per heavy atom. The number of carbonyl (C=O) groups is 3. The first kappa shape index (κ1) is 15.5. The molecule has 0 saturated heterocycles. The normalized spacial score (nSPS) is 16.1. The Kier molecular flexibility index (Phi) is 5.32. The quantitative estimate of drug-likeness (QED) is 0.660. The molecule has 0 atom stereocenters. The second kappa shape index (κ2) is 6.54. The average molecular weight is 270 g/mol. The van der Waals surface area contributed by atoms with Gasteiger partial charge in [0.25, 0.3) is 0 Å². The second-order valence-electron chi connectivity index (χ2n) is 5.50. The summed E-state index contributed by atoms with van der Waals surface area (Å²) in [6.07, 6.45) is 4.11. The number of nitrogens with one attached hydrogen (secondary N) is 2. The van der Waals surface area contributed by atoms with Gasteiger partial charge in [-0.15, -0.1) is 0 Å². The van der Waals surface area contributed by atoms with Gasteiger partial charge < -0.3 is 15.7 Å². The van der Waals surface area contributed by atoms with Gasteiger partial charge in [0, 0.05) is 18.9 Å². The van der Waals surface area contributed by atoms with Gasteiger partial charge in [0.05, 0.1) is 0 Å². The standard InChI is InChI=1S/C13H22N2O4/c1-13(2,12(18)19)15-10(16)7-8-14-11(17)9-5-3-4-6-9/h9H,3-8H2,1-2H3,(H,14,17)(H,15,16)(H,18,19). The number of rotatable bonds is 6. The van der Waals surface area contributed by atoms with Crippen molar-refractivity contribution in [2.45, 2.75) is 51.5 Å². The van der Waals surface area contributed by atoms with Gasteiger partial charge in [-0.2, -0.15) is 0 Å². The fourth-order valence-corrected chi connectivity index (χ4v) is 2.10. The molecular weight excluding hydrogens is 248 g/mol. The Morgan fingerprint density at radius 3 is 2.32 bits per heavy atom. The van der Waals surface area contributed by atoms with Crippen LogP contribution in [0.1, 0.15) is 46.0 Å². The van der Waals surface area contributed by atoms with Crippen molar-refractivity contribution in [1.29, 1.82) is 0 Å². The van der Waals surface area contributed by atoms with Crippen LogP contribution in [0.3, 0.4) is 0 Å². The van der Waals surface area contributed by atoms with Crippen LogP contribution in [-0.2, 0) is 14.4 Å². The molecule has 6 heteroatoms. The highest BCUT2D eigenvalue weighted by Gasteiger charge is 2.28. The van der Waals surface area contributed by atoms with Crippen LogP contribution in [0.4, 0.5) is 0 Å². The highest BCUT2D eigenvalue weighted by molar-refractivity contribution is 5.86. The van der Waals surface area contributed by atoms with Crippen LogP contribution in [0.2, 0.25) is 0 Å². The molecule has 108 valence electrons. The first-order chi connectivity index (χ1) is 8.83. The van der Waals surface area contributed by atoms with Gasteiger partial charge in [-0.1, -0.05) is 12.8 Å². The molecule has 3 N–H and O–H groups in total. The molecule has 19 heavy (non-hydrogen) atoms. The Morgan fingerprint density at radius 1 is 1.21 bits per heavy atom. The van der Waals surface area contributed by atoms with Crippen LogP contribution in [0.25, 0.3) is 0 Å². The van der Waals surface area contributed by atoms with Crippen LogP contribution in [-0.4, -0.2) is 35.0 Å². The molecule has 1 aliphatic rings. The molecule has 0 radical (unpaired) electrons. The maximum Gasteiger partial charge on any atom is 0.328 e. The monoisotopic (exact) mass is 270 g/mol. The number of hydrogen-bond donors (Lipinski definition) is 3. The summed E-state index contributed by atoms with van der Waals surface area (Å²) < 4.78 is 0. The van der Waals surface area contributed by atoms with Gasteiger partial charge in [-0.25, -0.2) is 4.79 Å². The minimum Gasteiger partial charge on any atom is -0.480 e. The van der Waals surface area contributed by atoms with Crippen molar-refractivity contribution < 1.29 is 19.5 Å². The van der Waals surface area contributed by atoms with Crippen molar-refractivity contribution in [2.24, 2.45) is 5.92 Å². The molecule has 2 amide bonds. The van der Waals surface area contributed by atoms with Crippen LogP contribution in [0, 0.1) is 5.92 Å².